The number of carbonyl (C=O) groups excluding carboxylic acids is 1. The van der Waals surface area contributed by atoms with Gasteiger partial charge in [0.15, 0.2) is 0 Å². The minimum absolute atomic E-state index is 0.158. The van der Waals surface area contributed by atoms with Crippen molar-refractivity contribution < 1.29 is 9.32 Å². The molecule has 2 heterocycles. The Morgan fingerprint density at radius 2 is 1.73 bits per heavy atom. The first kappa shape index (κ1) is 19.6. The quantitative estimate of drug-likeness (QED) is 0.523. The van der Waals surface area contributed by atoms with E-state index in [4.69, 9.17) is 16.1 Å². The molecule has 1 N–H and O–H groups in total. The largest absolute Gasteiger partial charge is 0.334 e. The number of carbonyl (C=O) groups is 1. The normalized spacial score (nSPS) is 10.7. The average Bonchev–Trinajstić information content (AvgIpc) is 3.22. The van der Waals surface area contributed by atoms with E-state index in [2.05, 4.69) is 15.5 Å². The van der Waals surface area contributed by atoms with E-state index >= 15 is 0 Å². The van der Waals surface area contributed by atoms with Crippen LogP contribution >= 0.6 is 11.6 Å². The van der Waals surface area contributed by atoms with E-state index in [1.807, 2.05) is 31.2 Å². The maximum absolute atomic E-state index is 12.3. The van der Waals surface area contributed by atoms with Crippen molar-refractivity contribution in [1.29, 1.82) is 0 Å². The van der Waals surface area contributed by atoms with E-state index in [0.29, 0.717) is 22.1 Å². The Bertz CT molecular complexity index is 1240. The van der Waals surface area contributed by atoms with Gasteiger partial charge in [0.2, 0.25) is 11.7 Å². The molecule has 0 saturated carbocycles. The molecule has 4 rings (SSSR count). The van der Waals surface area contributed by atoms with E-state index in [1.54, 1.807) is 30.3 Å². The molecule has 0 aliphatic heterocycles. The molecule has 0 radical (unpaired) electrons. The van der Waals surface area contributed by atoms with Gasteiger partial charge in [0.05, 0.1) is 5.56 Å². The summed E-state index contributed by atoms with van der Waals surface area (Å²) in [6.45, 7) is 1.84. The maximum Gasteiger partial charge on any atom is 0.259 e. The number of rotatable bonds is 5. The highest BCUT2D eigenvalue weighted by atomic mass is 35.5. The highest BCUT2D eigenvalue weighted by Crippen LogP contribution is 2.22. The van der Waals surface area contributed by atoms with Crippen molar-refractivity contribution in [3.05, 3.63) is 87.8 Å². The van der Waals surface area contributed by atoms with Crippen molar-refractivity contribution in [2.75, 3.05) is 5.32 Å². The first-order valence-electron chi connectivity index (χ1n) is 9.15. The van der Waals surface area contributed by atoms with Gasteiger partial charge in [-0.3, -0.25) is 9.59 Å². The number of halogens is 1. The van der Waals surface area contributed by atoms with Gasteiger partial charge in [-0.1, -0.05) is 46.6 Å². The van der Waals surface area contributed by atoms with Crippen LogP contribution in [-0.4, -0.2) is 20.6 Å². The van der Waals surface area contributed by atoms with E-state index in [0.717, 1.165) is 11.1 Å². The van der Waals surface area contributed by atoms with Crippen LogP contribution in [0.1, 0.15) is 5.56 Å². The Kier molecular flexibility index (Phi) is 5.45. The van der Waals surface area contributed by atoms with E-state index in [9.17, 15) is 9.59 Å². The Balaban J connectivity index is 1.53. The van der Waals surface area contributed by atoms with Gasteiger partial charge in [-0.05, 0) is 37.3 Å². The predicted octanol–water partition coefficient (Wildman–Crippen LogP) is 4.17. The lowest BCUT2D eigenvalue weighted by atomic mass is 10.1. The smallest absolute Gasteiger partial charge is 0.259 e. The molecule has 150 valence electrons. The fourth-order valence-electron chi connectivity index (χ4n) is 2.83. The summed E-state index contributed by atoms with van der Waals surface area (Å²) in [7, 11) is 0. The third-order valence-corrected chi connectivity index (χ3v) is 4.66. The van der Waals surface area contributed by atoms with Crippen LogP contribution in [0.25, 0.3) is 22.8 Å². The van der Waals surface area contributed by atoms with Gasteiger partial charge in [-0.25, -0.2) is 0 Å². The molecule has 2 aromatic heterocycles. The summed E-state index contributed by atoms with van der Waals surface area (Å²) < 4.78 is 6.64. The zero-order valence-corrected chi connectivity index (χ0v) is 16.8. The second-order valence-corrected chi connectivity index (χ2v) is 7.16. The number of amides is 1. The average molecular weight is 421 g/mol. The summed E-state index contributed by atoms with van der Waals surface area (Å²) in [5.74, 6) is 0.364. The molecule has 0 aliphatic carbocycles. The van der Waals surface area contributed by atoms with Crippen molar-refractivity contribution in [2.24, 2.45) is 0 Å². The van der Waals surface area contributed by atoms with Crippen LogP contribution in [0.2, 0.25) is 5.02 Å². The Morgan fingerprint density at radius 1 is 1.03 bits per heavy atom. The van der Waals surface area contributed by atoms with E-state index in [-0.39, 0.29) is 23.9 Å². The molecule has 0 fully saturated rings. The lowest BCUT2D eigenvalue weighted by Crippen LogP contribution is -2.26. The second kappa shape index (κ2) is 8.34. The number of pyridine rings is 1. The third-order valence-electron chi connectivity index (χ3n) is 4.41. The molecular weight excluding hydrogens is 404 g/mol. The van der Waals surface area contributed by atoms with Gasteiger partial charge in [0.25, 0.3) is 11.4 Å². The SMILES string of the molecule is Cc1ccc(-c2noc(-c3ccc(=O)n(CC(=O)Nc4ccc(Cl)cc4)c3)n2)cc1. The minimum atomic E-state index is -0.345. The van der Waals surface area contributed by atoms with E-state index in [1.165, 1.54) is 16.8 Å². The summed E-state index contributed by atoms with van der Waals surface area (Å²) in [5.41, 5.74) is 2.77. The van der Waals surface area contributed by atoms with Gasteiger partial charge in [0, 0.05) is 28.5 Å². The maximum atomic E-state index is 12.3. The summed E-state index contributed by atoms with van der Waals surface area (Å²) >= 11 is 5.84. The standard InChI is InChI=1S/C22H17ClN4O3/c1-14-2-4-15(5-3-14)21-25-22(30-26-21)16-6-11-20(29)27(12-16)13-19(28)24-18-9-7-17(23)8-10-18/h2-12H,13H2,1H3,(H,24,28). The van der Waals surface area contributed by atoms with Crippen LogP contribution < -0.4 is 10.9 Å². The zero-order chi connectivity index (χ0) is 21.1. The van der Waals surface area contributed by atoms with Crippen molar-refractivity contribution in [1.82, 2.24) is 14.7 Å². The van der Waals surface area contributed by atoms with Gasteiger partial charge < -0.3 is 14.4 Å². The van der Waals surface area contributed by atoms with Crippen molar-refractivity contribution in [3.8, 4) is 22.8 Å². The second-order valence-electron chi connectivity index (χ2n) is 6.73. The fraction of sp³-hybridized carbons (Fsp3) is 0.0909. The number of anilines is 1. The van der Waals surface area contributed by atoms with Gasteiger partial charge in [0.1, 0.15) is 6.54 Å². The molecule has 4 aromatic rings. The van der Waals surface area contributed by atoms with E-state index < -0.39 is 0 Å². The van der Waals surface area contributed by atoms with Crippen LogP contribution in [0.15, 0.2) is 76.2 Å². The predicted molar refractivity (Wildman–Crippen MR) is 114 cm³/mol. The molecule has 30 heavy (non-hydrogen) atoms. The highest BCUT2D eigenvalue weighted by molar-refractivity contribution is 6.30. The van der Waals surface area contributed by atoms with Gasteiger partial charge in [-0.15, -0.1) is 0 Å². The number of hydrogen-bond donors (Lipinski definition) is 1. The number of nitrogens with zero attached hydrogens (tertiary/aromatic N) is 3. The molecule has 0 aliphatic rings. The molecule has 0 bridgehead atoms. The lowest BCUT2D eigenvalue weighted by molar-refractivity contribution is -0.116. The molecule has 0 saturated heterocycles. The third kappa shape index (κ3) is 4.47. The molecule has 2 aromatic carbocycles. The number of benzene rings is 2. The van der Waals surface area contributed by atoms with Crippen LogP contribution in [0.4, 0.5) is 5.69 Å². The Hall–Kier alpha value is -3.71. The number of aromatic nitrogens is 3. The molecular formula is C22H17ClN4O3. The fourth-order valence-corrected chi connectivity index (χ4v) is 2.96. The minimum Gasteiger partial charge on any atom is -0.334 e. The zero-order valence-electron chi connectivity index (χ0n) is 16.0. The van der Waals surface area contributed by atoms with Crippen LogP contribution in [0.5, 0.6) is 0 Å². The molecule has 1 amide bonds. The summed E-state index contributed by atoms with van der Waals surface area (Å²) in [6.07, 6.45) is 1.52. The summed E-state index contributed by atoms with van der Waals surface area (Å²) in [4.78, 5) is 28.9. The molecule has 0 unspecified atom stereocenters. The van der Waals surface area contributed by atoms with Gasteiger partial charge in [-0.2, -0.15) is 4.98 Å². The monoisotopic (exact) mass is 420 g/mol. The van der Waals surface area contributed by atoms with Crippen molar-refractivity contribution in [2.45, 2.75) is 13.5 Å². The Labute approximate surface area is 176 Å². The molecule has 0 spiro atoms. The van der Waals surface area contributed by atoms with Crippen LogP contribution in [-0.2, 0) is 11.3 Å². The van der Waals surface area contributed by atoms with Crippen molar-refractivity contribution in [3.63, 3.8) is 0 Å². The number of nitrogens with one attached hydrogen (secondary N) is 1. The molecule has 0 atom stereocenters. The number of hydrogen-bond acceptors (Lipinski definition) is 5. The number of aryl methyl sites for hydroxylation is 1. The molecule has 7 nitrogen and oxygen atoms in total. The van der Waals surface area contributed by atoms with Gasteiger partial charge >= 0.3 is 0 Å². The first-order chi connectivity index (χ1) is 14.5. The highest BCUT2D eigenvalue weighted by Gasteiger charge is 2.13. The van der Waals surface area contributed by atoms with Crippen LogP contribution in [0, 0.1) is 6.92 Å². The molecule has 8 heteroatoms. The van der Waals surface area contributed by atoms with Crippen LogP contribution in [0.3, 0.4) is 0 Å². The topological polar surface area (TPSA) is 90.0 Å². The lowest BCUT2D eigenvalue weighted by Gasteiger charge is -2.08. The first-order valence-corrected chi connectivity index (χ1v) is 9.53. The Morgan fingerprint density at radius 3 is 2.47 bits per heavy atom. The van der Waals surface area contributed by atoms with Crippen molar-refractivity contribution >= 4 is 23.2 Å². The summed E-state index contributed by atoms with van der Waals surface area (Å²) in [5, 5.41) is 7.30. The summed E-state index contributed by atoms with van der Waals surface area (Å²) in [6, 6.07) is 17.4.